The van der Waals surface area contributed by atoms with E-state index in [9.17, 15) is 24.9 Å². The molecule has 1 aliphatic carbocycles. The molecule has 5 aliphatic rings. The van der Waals surface area contributed by atoms with E-state index in [1.54, 1.807) is 20.3 Å². The molecule has 8 unspecified atom stereocenters. The fourth-order valence-corrected chi connectivity index (χ4v) is 9.36. The van der Waals surface area contributed by atoms with E-state index in [0.717, 1.165) is 38.7 Å². The molecule has 55 heavy (non-hydrogen) atoms. The van der Waals surface area contributed by atoms with Crippen molar-refractivity contribution in [1.29, 1.82) is 0 Å². The van der Waals surface area contributed by atoms with Crippen LogP contribution in [0.15, 0.2) is 42.6 Å². The molecule has 8 atom stereocenters. The van der Waals surface area contributed by atoms with Crippen molar-refractivity contribution in [3.63, 3.8) is 0 Å². The lowest BCUT2D eigenvalue weighted by Crippen LogP contribution is -2.71. The third-order valence-electron chi connectivity index (χ3n) is 11.9. The SMILES string of the molecule is COc1ccc2c(c1OC)OC13CCc4cccc5[nH]cc(c45)-c4c5c(cc(c41)OCC23)OC1OC(C(OC(=O)CC(=O)O)C(N)N)C(O)C(O)C1(O)CC5. The highest BCUT2D eigenvalue weighted by atomic mass is 16.7. The summed E-state index contributed by atoms with van der Waals surface area (Å²) in [7, 11) is 3.15. The van der Waals surface area contributed by atoms with Crippen molar-refractivity contribution in [2.45, 2.75) is 86.1 Å². The van der Waals surface area contributed by atoms with Crippen LogP contribution in [-0.2, 0) is 37.5 Å². The van der Waals surface area contributed by atoms with Crippen molar-refractivity contribution in [2.24, 2.45) is 11.5 Å². The molecule has 5 heterocycles. The molecule has 0 amide bonds. The normalized spacial score (nSPS) is 29.0. The maximum atomic E-state index is 12.4. The lowest BCUT2D eigenvalue weighted by molar-refractivity contribution is -0.329. The fourth-order valence-electron chi connectivity index (χ4n) is 9.36. The van der Waals surface area contributed by atoms with Crippen molar-refractivity contribution in [3.05, 3.63) is 64.8 Å². The Hall–Kier alpha value is -5.10. The first-order valence-corrected chi connectivity index (χ1v) is 18.1. The molecule has 290 valence electrons. The lowest BCUT2D eigenvalue weighted by Gasteiger charge is -2.48. The van der Waals surface area contributed by atoms with Gasteiger partial charge in [-0.05, 0) is 43.4 Å². The van der Waals surface area contributed by atoms with Gasteiger partial charge >= 0.3 is 11.9 Å². The zero-order valence-electron chi connectivity index (χ0n) is 29.9. The van der Waals surface area contributed by atoms with Crippen molar-refractivity contribution < 1.29 is 63.2 Å². The van der Waals surface area contributed by atoms with E-state index in [-0.39, 0.29) is 31.1 Å². The monoisotopic (exact) mass is 759 g/mol. The Kier molecular flexibility index (Phi) is 8.23. The molecule has 16 heteroatoms. The number of aryl methyl sites for hydroxylation is 1. The molecule has 16 nitrogen and oxygen atoms in total. The predicted octanol–water partition coefficient (Wildman–Crippen LogP) is 1.70. The average Bonchev–Trinajstić information content (AvgIpc) is 3.70. The number of nitrogens with two attached hydrogens (primary N) is 2. The van der Waals surface area contributed by atoms with Gasteiger partial charge in [-0.25, -0.2) is 0 Å². The molecule has 4 aliphatic heterocycles. The number of fused-ring (bicyclic) bond motifs is 6. The smallest absolute Gasteiger partial charge is 0.317 e. The average molecular weight is 760 g/mol. The number of esters is 1. The van der Waals surface area contributed by atoms with E-state index in [0.29, 0.717) is 41.4 Å². The Morgan fingerprint density at radius 1 is 1.07 bits per heavy atom. The third kappa shape index (κ3) is 5.12. The van der Waals surface area contributed by atoms with Crippen LogP contribution in [0.1, 0.15) is 47.4 Å². The van der Waals surface area contributed by atoms with Crippen molar-refractivity contribution in [2.75, 3.05) is 20.8 Å². The van der Waals surface area contributed by atoms with Crippen LogP contribution in [-0.4, -0.2) is 101 Å². The first-order valence-electron chi connectivity index (χ1n) is 18.1. The molecule has 9 rings (SSSR count). The second-order valence-electron chi connectivity index (χ2n) is 14.8. The summed E-state index contributed by atoms with van der Waals surface area (Å²) < 4.78 is 43.2. The van der Waals surface area contributed by atoms with Gasteiger partial charge < -0.3 is 70.0 Å². The molecule has 0 radical (unpaired) electrons. The Balaban J connectivity index is 1.21. The number of H-pyrrole nitrogens is 1. The van der Waals surface area contributed by atoms with Crippen LogP contribution in [0, 0.1) is 0 Å². The van der Waals surface area contributed by atoms with Gasteiger partial charge in [0, 0.05) is 51.0 Å². The zero-order valence-corrected chi connectivity index (χ0v) is 29.9. The van der Waals surface area contributed by atoms with E-state index in [4.69, 9.17) is 49.7 Å². The van der Waals surface area contributed by atoms with Crippen LogP contribution in [0.4, 0.5) is 0 Å². The summed E-state index contributed by atoms with van der Waals surface area (Å²) >= 11 is 0. The van der Waals surface area contributed by atoms with Gasteiger partial charge in [-0.15, -0.1) is 0 Å². The minimum atomic E-state index is -2.19. The lowest BCUT2D eigenvalue weighted by atomic mass is 9.69. The molecule has 1 aromatic heterocycles. The van der Waals surface area contributed by atoms with E-state index < -0.39 is 66.4 Å². The van der Waals surface area contributed by atoms with Crippen LogP contribution in [0.3, 0.4) is 0 Å². The number of aromatic amines is 1. The summed E-state index contributed by atoms with van der Waals surface area (Å²) in [6.45, 7) is 0.256. The molecule has 1 saturated heterocycles. The minimum Gasteiger partial charge on any atom is -0.493 e. The number of aliphatic hydroxyl groups is 3. The van der Waals surface area contributed by atoms with Crippen LogP contribution >= 0.6 is 0 Å². The Bertz CT molecular complexity index is 2240. The van der Waals surface area contributed by atoms with E-state index >= 15 is 0 Å². The maximum absolute atomic E-state index is 12.4. The van der Waals surface area contributed by atoms with Gasteiger partial charge in [-0.2, -0.15) is 0 Å². The number of aliphatic hydroxyl groups excluding tert-OH is 2. The standard InChI is InChI=1S/C39H41N3O13/c1-49-22-7-6-17-20-15-51-24-12-23-18(9-10-38(48)35(47)30(46)33(54-37(38)52-23)34(36(40)41)53-26(45)13-25(43)44)28-19-14-42-21-5-3-4-16(27(19)21)8-11-39(20,29(24)28)55-31(17)32(22)50-2/h3-7,12,14,20,30,33-37,42,46-48H,8-11,13,15,40-41H2,1-2H3,(H,43,44). The quantitative estimate of drug-likeness (QED) is 0.0805. The summed E-state index contributed by atoms with van der Waals surface area (Å²) in [4.78, 5) is 27.0. The number of hydrogen-bond donors (Lipinski definition) is 7. The predicted molar refractivity (Wildman–Crippen MR) is 191 cm³/mol. The number of hydrogen-bond acceptors (Lipinski definition) is 14. The number of carbonyl (C=O) groups is 2. The number of carboxylic acid groups (broad SMARTS) is 1. The van der Waals surface area contributed by atoms with E-state index in [1.165, 1.54) is 0 Å². The Morgan fingerprint density at radius 2 is 1.89 bits per heavy atom. The number of aromatic nitrogens is 1. The number of carboxylic acids is 1. The number of nitrogens with one attached hydrogen (secondary N) is 1. The van der Waals surface area contributed by atoms with Crippen LogP contribution in [0.5, 0.6) is 28.7 Å². The summed E-state index contributed by atoms with van der Waals surface area (Å²) in [5, 5.41) is 45.2. The molecule has 1 fully saturated rings. The Labute approximate surface area is 313 Å². The topological polar surface area (TPSA) is 248 Å². The van der Waals surface area contributed by atoms with Gasteiger partial charge in [0.1, 0.15) is 41.8 Å². The van der Waals surface area contributed by atoms with Gasteiger partial charge in [-0.1, -0.05) is 18.2 Å². The largest absolute Gasteiger partial charge is 0.493 e. The number of benzene rings is 3. The van der Waals surface area contributed by atoms with Gasteiger partial charge in [0.2, 0.25) is 12.0 Å². The Morgan fingerprint density at radius 3 is 2.64 bits per heavy atom. The second-order valence-corrected chi connectivity index (χ2v) is 14.8. The maximum Gasteiger partial charge on any atom is 0.317 e. The summed E-state index contributed by atoms with van der Waals surface area (Å²) in [6, 6.07) is 11.7. The van der Waals surface area contributed by atoms with Gasteiger partial charge in [0.15, 0.2) is 23.2 Å². The van der Waals surface area contributed by atoms with Crippen LogP contribution < -0.4 is 35.2 Å². The molecule has 1 spiro atoms. The highest BCUT2D eigenvalue weighted by molar-refractivity contribution is 6.01. The van der Waals surface area contributed by atoms with Crippen LogP contribution in [0.2, 0.25) is 0 Å². The molecule has 0 saturated carbocycles. The molecule has 3 aromatic carbocycles. The van der Waals surface area contributed by atoms with Gasteiger partial charge in [0.05, 0.1) is 32.9 Å². The van der Waals surface area contributed by atoms with Crippen molar-refractivity contribution >= 4 is 22.8 Å². The minimum absolute atomic E-state index is 0.141. The molecule has 0 bridgehead atoms. The van der Waals surface area contributed by atoms with Crippen LogP contribution in [0.25, 0.3) is 22.0 Å². The third-order valence-corrected chi connectivity index (χ3v) is 11.9. The first-order chi connectivity index (χ1) is 26.4. The van der Waals surface area contributed by atoms with E-state index in [1.807, 2.05) is 30.5 Å². The highest BCUT2D eigenvalue weighted by Crippen LogP contribution is 2.64. The molecular weight excluding hydrogens is 718 g/mol. The molecular formula is C39H41N3O13. The summed E-state index contributed by atoms with van der Waals surface area (Å²) in [5.74, 6) is -0.547. The first kappa shape index (κ1) is 35.6. The van der Waals surface area contributed by atoms with Crippen molar-refractivity contribution in [3.8, 4) is 39.9 Å². The number of methoxy groups -OCH3 is 2. The molecule has 9 N–H and O–H groups in total. The number of ether oxygens (including phenoxy) is 7. The fraction of sp³-hybridized carbons (Fsp3) is 0.436. The number of carbonyl (C=O) groups excluding carboxylic acids is 1. The van der Waals surface area contributed by atoms with Gasteiger partial charge in [-0.3, -0.25) is 9.59 Å². The number of aliphatic carboxylic acids is 1. The highest BCUT2D eigenvalue weighted by Gasteiger charge is 2.61. The van der Waals surface area contributed by atoms with Crippen molar-refractivity contribution in [1.82, 2.24) is 4.98 Å². The number of rotatable bonds is 7. The summed E-state index contributed by atoms with van der Waals surface area (Å²) in [6.07, 6.45) is -7.91. The second kappa shape index (κ2) is 12.7. The molecule has 4 aromatic rings. The summed E-state index contributed by atoms with van der Waals surface area (Å²) in [5.41, 5.74) is 14.8. The van der Waals surface area contributed by atoms with E-state index in [2.05, 4.69) is 11.1 Å². The zero-order chi connectivity index (χ0) is 38.6. The van der Waals surface area contributed by atoms with Gasteiger partial charge in [0.25, 0.3) is 0 Å².